The molecule has 0 aromatic heterocycles. The second kappa shape index (κ2) is 5.68. The summed E-state index contributed by atoms with van der Waals surface area (Å²) in [5.41, 5.74) is 3.26. The molecule has 0 atom stereocenters. The Balaban J connectivity index is 2.38. The van der Waals surface area contributed by atoms with E-state index >= 15 is 0 Å². The van der Waals surface area contributed by atoms with Gasteiger partial charge in [0.05, 0.1) is 5.69 Å². The van der Waals surface area contributed by atoms with Crippen LogP contribution in [-0.2, 0) is 10.0 Å². The van der Waals surface area contributed by atoms with Gasteiger partial charge in [-0.15, -0.1) is 0 Å². The summed E-state index contributed by atoms with van der Waals surface area (Å²) in [4.78, 5) is 0.139. The van der Waals surface area contributed by atoms with E-state index in [0.717, 1.165) is 22.2 Å². The molecule has 0 saturated carbocycles. The number of para-hydroxylation sites is 1. The van der Waals surface area contributed by atoms with Gasteiger partial charge in [0.25, 0.3) is 0 Å². The number of benzene rings is 3. The van der Waals surface area contributed by atoms with Crippen molar-refractivity contribution in [2.45, 2.75) is 18.7 Å². The van der Waals surface area contributed by atoms with Gasteiger partial charge in [-0.3, -0.25) is 0 Å². The molecule has 0 spiro atoms. The van der Waals surface area contributed by atoms with Gasteiger partial charge in [0.15, 0.2) is 0 Å². The Morgan fingerprint density at radius 1 is 0.826 bits per heavy atom. The minimum absolute atomic E-state index is 0.139. The fourth-order valence-corrected chi connectivity index (χ4v) is 3.79. The molecule has 5 heteroatoms. The lowest BCUT2D eigenvalue weighted by Crippen LogP contribution is -2.16. The van der Waals surface area contributed by atoms with E-state index in [1.165, 1.54) is 0 Å². The first kappa shape index (κ1) is 15.5. The van der Waals surface area contributed by atoms with Crippen LogP contribution in [0.3, 0.4) is 0 Å². The molecular weight excluding hydrogens is 308 g/mol. The second-order valence-corrected chi connectivity index (χ2v) is 7.03. The Labute approximate surface area is 136 Å². The normalized spacial score (nSPS) is 11.6. The number of fused-ring (bicyclic) bond motifs is 1. The first-order valence-electron chi connectivity index (χ1n) is 7.26. The van der Waals surface area contributed by atoms with Crippen molar-refractivity contribution in [3.8, 4) is 0 Å². The van der Waals surface area contributed by atoms with E-state index < -0.39 is 10.0 Å². The molecule has 0 aliphatic carbocycles. The SMILES string of the molecule is Cc1c(Nc2ccccc2)c(S(N)(=O)=O)c2ccccc2c1C. The van der Waals surface area contributed by atoms with Gasteiger partial charge in [-0.25, -0.2) is 13.6 Å². The number of hydrogen-bond acceptors (Lipinski definition) is 3. The molecule has 0 radical (unpaired) electrons. The minimum Gasteiger partial charge on any atom is -0.354 e. The molecular formula is C18H18N2O2S. The molecule has 0 aliphatic rings. The highest BCUT2D eigenvalue weighted by Gasteiger charge is 2.22. The number of sulfonamides is 1. The van der Waals surface area contributed by atoms with Gasteiger partial charge >= 0.3 is 0 Å². The predicted molar refractivity (Wildman–Crippen MR) is 94.5 cm³/mol. The lowest BCUT2D eigenvalue weighted by atomic mass is 9.98. The standard InChI is InChI=1S/C18H18N2O2S/c1-12-13(2)17(20-14-8-4-3-5-9-14)18(23(19,21)22)16-11-7-6-10-15(12)16/h3-11,20H,1-2H3,(H2,19,21,22). The van der Waals surface area contributed by atoms with Gasteiger partial charge in [0, 0.05) is 11.1 Å². The van der Waals surface area contributed by atoms with Crippen LogP contribution in [0.1, 0.15) is 11.1 Å². The average Bonchev–Trinajstić information content (AvgIpc) is 2.52. The highest BCUT2D eigenvalue weighted by molar-refractivity contribution is 7.89. The molecule has 0 bridgehead atoms. The summed E-state index contributed by atoms with van der Waals surface area (Å²) in [6.07, 6.45) is 0. The highest BCUT2D eigenvalue weighted by Crippen LogP contribution is 2.37. The Morgan fingerprint density at radius 2 is 1.39 bits per heavy atom. The zero-order valence-electron chi connectivity index (χ0n) is 13.0. The van der Waals surface area contributed by atoms with Crippen LogP contribution in [0.5, 0.6) is 0 Å². The van der Waals surface area contributed by atoms with Crippen LogP contribution >= 0.6 is 0 Å². The zero-order valence-corrected chi connectivity index (χ0v) is 13.8. The molecule has 3 aromatic rings. The summed E-state index contributed by atoms with van der Waals surface area (Å²) in [5, 5.41) is 10.3. The third kappa shape index (κ3) is 2.81. The van der Waals surface area contributed by atoms with E-state index in [1.54, 1.807) is 6.07 Å². The van der Waals surface area contributed by atoms with Gasteiger partial charge in [-0.1, -0.05) is 42.5 Å². The molecule has 3 rings (SSSR count). The zero-order chi connectivity index (χ0) is 16.6. The Hall–Kier alpha value is -2.37. The smallest absolute Gasteiger partial charge is 0.240 e. The first-order valence-corrected chi connectivity index (χ1v) is 8.81. The summed E-state index contributed by atoms with van der Waals surface area (Å²) in [6.45, 7) is 3.89. The van der Waals surface area contributed by atoms with E-state index in [9.17, 15) is 8.42 Å². The van der Waals surface area contributed by atoms with Gasteiger partial charge < -0.3 is 5.32 Å². The maximum Gasteiger partial charge on any atom is 0.240 e. The van der Waals surface area contributed by atoms with Crippen LogP contribution in [0.15, 0.2) is 59.5 Å². The van der Waals surface area contributed by atoms with Crippen molar-refractivity contribution < 1.29 is 8.42 Å². The molecule has 0 amide bonds. The first-order chi connectivity index (χ1) is 10.9. The van der Waals surface area contributed by atoms with Crippen molar-refractivity contribution in [2.24, 2.45) is 5.14 Å². The second-order valence-electron chi connectivity index (χ2n) is 5.54. The molecule has 0 saturated heterocycles. The molecule has 3 N–H and O–H groups in total. The van der Waals surface area contributed by atoms with E-state index in [4.69, 9.17) is 5.14 Å². The maximum absolute atomic E-state index is 12.3. The van der Waals surface area contributed by atoms with Crippen molar-refractivity contribution in [3.63, 3.8) is 0 Å². The summed E-state index contributed by atoms with van der Waals surface area (Å²) < 4.78 is 24.5. The van der Waals surface area contributed by atoms with Crippen LogP contribution in [-0.4, -0.2) is 8.42 Å². The average molecular weight is 326 g/mol. The molecule has 0 fully saturated rings. The van der Waals surface area contributed by atoms with Crippen molar-refractivity contribution in [2.75, 3.05) is 5.32 Å². The number of primary sulfonamides is 1. The molecule has 3 aromatic carbocycles. The topological polar surface area (TPSA) is 72.2 Å². The lowest BCUT2D eigenvalue weighted by Gasteiger charge is -2.19. The lowest BCUT2D eigenvalue weighted by molar-refractivity contribution is 0.599. The quantitative estimate of drug-likeness (QED) is 0.768. The number of hydrogen-bond donors (Lipinski definition) is 2. The Morgan fingerprint density at radius 3 is 2.00 bits per heavy atom. The number of rotatable bonds is 3. The number of nitrogens with two attached hydrogens (primary N) is 1. The maximum atomic E-state index is 12.3. The van der Waals surface area contributed by atoms with Gasteiger partial charge in [-0.2, -0.15) is 0 Å². The van der Waals surface area contributed by atoms with Crippen molar-refractivity contribution >= 4 is 32.2 Å². The Bertz CT molecular complexity index is 981. The monoisotopic (exact) mass is 326 g/mol. The van der Waals surface area contributed by atoms with Crippen LogP contribution < -0.4 is 10.5 Å². The summed E-state index contributed by atoms with van der Waals surface area (Å²) in [7, 11) is -3.88. The van der Waals surface area contributed by atoms with Crippen LogP contribution in [0.4, 0.5) is 11.4 Å². The van der Waals surface area contributed by atoms with Gasteiger partial charge in [0.2, 0.25) is 10.0 Å². The predicted octanol–water partition coefficient (Wildman–Crippen LogP) is 3.85. The fraction of sp³-hybridized carbons (Fsp3) is 0.111. The molecule has 0 aliphatic heterocycles. The van der Waals surface area contributed by atoms with Gasteiger partial charge in [0.1, 0.15) is 4.90 Å². The molecule has 118 valence electrons. The molecule has 0 heterocycles. The minimum atomic E-state index is -3.88. The molecule has 4 nitrogen and oxygen atoms in total. The number of anilines is 2. The van der Waals surface area contributed by atoms with Crippen LogP contribution in [0.2, 0.25) is 0 Å². The summed E-state index contributed by atoms with van der Waals surface area (Å²) in [5.74, 6) is 0. The molecule has 0 unspecified atom stereocenters. The van der Waals surface area contributed by atoms with E-state index in [0.29, 0.717) is 11.1 Å². The van der Waals surface area contributed by atoms with Crippen LogP contribution in [0.25, 0.3) is 10.8 Å². The summed E-state index contributed by atoms with van der Waals surface area (Å²) >= 11 is 0. The van der Waals surface area contributed by atoms with Crippen LogP contribution in [0, 0.1) is 13.8 Å². The summed E-state index contributed by atoms with van der Waals surface area (Å²) in [6, 6.07) is 16.9. The third-order valence-electron chi connectivity index (χ3n) is 4.07. The van der Waals surface area contributed by atoms with Crippen molar-refractivity contribution in [1.29, 1.82) is 0 Å². The van der Waals surface area contributed by atoms with Gasteiger partial charge in [-0.05, 0) is 42.5 Å². The Kier molecular flexibility index (Phi) is 3.83. The largest absolute Gasteiger partial charge is 0.354 e. The van der Waals surface area contributed by atoms with E-state index in [-0.39, 0.29) is 4.90 Å². The fourth-order valence-electron chi connectivity index (χ4n) is 2.81. The number of nitrogens with one attached hydrogen (secondary N) is 1. The molecule has 23 heavy (non-hydrogen) atoms. The third-order valence-corrected chi connectivity index (χ3v) is 5.06. The highest BCUT2D eigenvalue weighted by atomic mass is 32.2. The van der Waals surface area contributed by atoms with Crippen molar-refractivity contribution in [3.05, 3.63) is 65.7 Å². The van der Waals surface area contributed by atoms with E-state index in [1.807, 2.05) is 62.4 Å². The van der Waals surface area contributed by atoms with Crippen molar-refractivity contribution in [1.82, 2.24) is 0 Å². The number of aryl methyl sites for hydroxylation is 1. The van der Waals surface area contributed by atoms with E-state index in [2.05, 4.69) is 5.32 Å².